The Hall–Kier alpha value is -3.29. The third-order valence-corrected chi connectivity index (χ3v) is 2.95. The van der Waals surface area contributed by atoms with E-state index in [9.17, 15) is 23.2 Å². The first-order valence-electron chi connectivity index (χ1n) is 6.85. The third-order valence-electron chi connectivity index (χ3n) is 2.95. The zero-order valence-electron chi connectivity index (χ0n) is 12.3. The molecule has 0 atom stereocenters. The topological polar surface area (TPSA) is 87.3 Å². The number of hydrogen-bond donors (Lipinski definition) is 3. The van der Waals surface area contributed by atoms with Crippen molar-refractivity contribution in [3.8, 4) is 0 Å². The van der Waals surface area contributed by atoms with Crippen LogP contribution in [0.4, 0.5) is 8.78 Å². The lowest BCUT2D eigenvalue weighted by molar-refractivity contribution is -0.120. The molecular weight excluding hydrogens is 320 g/mol. The van der Waals surface area contributed by atoms with Gasteiger partial charge in [0.15, 0.2) is 0 Å². The van der Waals surface area contributed by atoms with Gasteiger partial charge in [0.05, 0.1) is 12.1 Å². The fourth-order valence-corrected chi connectivity index (χ4v) is 1.75. The number of nitrogens with one attached hydrogen (secondary N) is 3. The fourth-order valence-electron chi connectivity index (χ4n) is 1.75. The van der Waals surface area contributed by atoms with Crippen LogP contribution in [0.1, 0.15) is 20.7 Å². The number of hydrogen-bond acceptors (Lipinski definition) is 3. The van der Waals surface area contributed by atoms with Gasteiger partial charge in [0.1, 0.15) is 11.6 Å². The van der Waals surface area contributed by atoms with E-state index in [1.54, 1.807) is 0 Å². The van der Waals surface area contributed by atoms with Gasteiger partial charge in [0.2, 0.25) is 0 Å². The van der Waals surface area contributed by atoms with Crippen LogP contribution >= 0.6 is 0 Å². The number of benzene rings is 2. The van der Waals surface area contributed by atoms with E-state index in [2.05, 4.69) is 16.2 Å². The second-order valence-corrected chi connectivity index (χ2v) is 4.67. The van der Waals surface area contributed by atoms with Crippen LogP contribution in [0.2, 0.25) is 0 Å². The summed E-state index contributed by atoms with van der Waals surface area (Å²) in [4.78, 5) is 34.9. The van der Waals surface area contributed by atoms with Crippen molar-refractivity contribution in [1.82, 2.24) is 16.2 Å². The van der Waals surface area contributed by atoms with Gasteiger partial charge in [0, 0.05) is 5.56 Å². The monoisotopic (exact) mass is 333 g/mol. The highest BCUT2D eigenvalue weighted by atomic mass is 19.1. The molecule has 0 aromatic heterocycles. The molecule has 8 heteroatoms. The summed E-state index contributed by atoms with van der Waals surface area (Å²) in [7, 11) is 0. The third kappa shape index (κ3) is 4.60. The summed E-state index contributed by atoms with van der Waals surface area (Å²) < 4.78 is 26.1. The number of carbonyl (C=O) groups excluding carboxylic acids is 3. The Balaban J connectivity index is 1.79. The van der Waals surface area contributed by atoms with Crippen LogP contribution < -0.4 is 16.2 Å². The van der Waals surface area contributed by atoms with Crippen LogP contribution in [0.5, 0.6) is 0 Å². The summed E-state index contributed by atoms with van der Waals surface area (Å²) in [6.07, 6.45) is 0. The Morgan fingerprint density at radius 2 is 1.50 bits per heavy atom. The molecule has 3 amide bonds. The highest BCUT2D eigenvalue weighted by Gasteiger charge is 2.12. The smallest absolute Gasteiger partial charge is 0.269 e. The molecule has 24 heavy (non-hydrogen) atoms. The lowest BCUT2D eigenvalue weighted by Gasteiger charge is -2.09. The molecule has 6 nitrogen and oxygen atoms in total. The predicted octanol–water partition coefficient (Wildman–Crippen LogP) is 1.16. The van der Waals surface area contributed by atoms with Crippen LogP contribution in [0.15, 0.2) is 48.5 Å². The summed E-state index contributed by atoms with van der Waals surface area (Å²) in [6, 6.07) is 10.0. The maximum absolute atomic E-state index is 13.4. The van der Waals surface area contributed by atoms with Crippen molar-refractivity contribution in [2.45, 2.75) is 0 Å². The van der Waals surface area contributed by atoms with Crippen LogP contribution in [-0.4, -0.2) is 24.3 Å². The lowest BCUT2D eigenvalue weighted by atomic mass is 10.2. The molecule has 0 saturated carbocycles. The van der Waals surface area contributed by atoms with Gasteiger partial charge in [-0.1, -0.05) is 12.1 Å². The molecule has 0 unspecified atom stereocenters. The van der Waals surface area contributed by atoms with Gasteiger partial charge in [-0.05, 0) is 36.4 Å². The molecule has 0 saturated heterocycles. The number of halogens is 2. The van der Waals surface area contributed by atoms with E-state index in [0.717, 1.165) is 18.2 Å². The summed E-state index contributed by atoms with van der Waals surface area (Å²) in [5.74, 6) is -3.32. The molecular formula is C16H13F2N3O3. The maximum atomic E-state index is 13.4. The van der Waals surface area contributed by atoms with Crippen molar-refractivity contribution in [1.29, 1.82) is 0 Å². The Labute approximate surface area is 135 Å². The minimum absolute atomic E-state index is 0.145. The standard InChI is InChI=1S/C16H13F2N3O3/c17-11-7-5-10(6-8-11)15(23)21-20-14(22)9-19-16(24)12-3-1-2-4-13(12)18/h1-8H,9H2,(H,19,24)(H,20,22)(H,21,23). The molecule has 3 N–H and O–H groups in total. The van der Waals surface area contributed by atoms with Gasteiger partial charge < -0.3 is 5.32 Å². The molecule has 2 rings (SSSR count). The Morgan fingerprint density at radius 3 is 2.17 bits per heavy atom. The summed E-state index contributed by atoms with van der Waals surface area (Å²) in [5.41, 5.74) is 4.13. The SMILES string of the molecule is O=C(CNC(=O)c1ccccc1F)NNC(=O)c1ccc(F)cc1. The molecule has 0 aliphatic carbocycles. The number of hydrazine groups is 1. The molecule has 0 radical (unpaired) electrons. The maximum Gasteiger partial charge on any atom is 0.269 e. The molecule has 124 valence electrons. The van der Waals surface area contributed by atoms with Crippen molar-refractivity contribution < 1.29 is 23.2 Å². The molecule has 0 bridgehead atoms. The van der Waals surface area contributed by atoms with Crippen LogP contribution in [0.3, 0.4) is 0 Å². The van der Waals surface area contributed by atoms with E-state index >= 15 is 0 Å². The zero-order chi connectivity index (χ0) is 17.5. The summed E-state index contributed by atoms with van der Waals surface area (Å²) >= 11 is 0. The second-order valence-electron chi connectivity index (χ2n) is 4.67. The van der Waals surface area contributed by atoms with Gasteiger partial charge in [-0.2, -0.15) is 0 Å². The average molecular weight is 333 g/mol. The second kappa shape index (κ2) is 7.82. The fraction of sp³-hybridized carbons (Fsp3) is 0.0625. The molecule has 2 aromatic rings. The van der Waals surface area contributed by atoms with Gasteiger partial charge in [-0.15, -0.1) is 0 Å². The van der Waals surface area contributed by atoms with Crippen molar-refractivity contribution in [3.63, 3.8) is 0 Å². The first-order valence-corrected chi connectivity index (χ1v) is 6.85. The minimum atomic E-state index is -0.756. The van der Waals surface area contributed by atoms with E-state index in [0.29, 0.717) is 0 Å². The Morgan fingerprint density at radius 1 is 0.833 bits per heavy atom. The molecule has 0 fully saturated rings. The zero-order valence-corrected chi connectivity index (χ0v) is 12.3. The van der Waals surface area contributed by atoms with E-state index in [-0.39, 0.29) is 11.1 Å². The summed E-state index contributed by atoms with van der Waals surface area (Å²) in [5, 5.41) is 2.22. The van der Waals surface area contributed by atoms with Crippen molar-refractivity contribution in [2.75, 3.05) is 6.54 Å². The van der Waals surface area contributed by atoms with Crippen molar-refractivity contribution in [3.05, 3.63) is 71.3 Å². The first-order chi connectivity index (χ1) is 11.5. The number of carbonyl (C=O) groups is 3. The van der Waals surface area contributed by atoms with E-state index in [4.69, 9.17) is 0 Å². The highest BCUT2D eigenvalue weighted by molar-refractivity contribution is 5.98. The molecule has 2 aromatic carbocycles. The lowest BCUT2D eigenvalue weighted by Crippen LogP contribution is -2.46. The van der Waals surface area contributed by atoms with E-state index < -0.39 is 35.9 Å². The van der Waals surface area contributed by atoms with Crippen LogP contribution in [-0.2, 0) is 4.79 Å². The predicted molar refractivity (Wildman–Crippen MR) is 80.7 cm³/mol. The van der Waals surface area contributed by atoms with Crippen LogP contribution in [0, 0.1) is 11.6 Å². The van der Waals surface area contributed by atoms with Crippen LogP contribution in [0.25, 0.3) is 0 Å². The first kappa shape index (κ1) is 17.1. The van der Waals surface area contributed by atoms with E-state index in [1.807, 2.05) is 0 Å². The largest absolute Gasteiger partial charge is 0.343 e. The molecule has 0 aliphatic rings. The van der Waals surface area contributed by atoms with E-state index in [1.165, 1.54) is 30.3 Å². The van der Waals surface area contributed by atoms with Crippen molar-refractivity contribution in [2.24, 2.45) is 0 Å². The van der Waals surface area contributed by atoms with Crippen molar-refractivity contribution >= 4 is 17.7 Å². The van der Waals surface area contributed by atoms with Gasteiger partial charge >= 0.3 is 0 Å². The molecule has 0 aliphatic heterocycles. The summed E-state index contributed by atoms with van der Waals surface area (Å²) in [6.45, 7) is -0.461. The van der Waals surface area contributed by atoms with Gasteiger partial charge in [0.25, 0.3) is 17.7 Å². The van der Waals surface area contributed by atoms with Gasteiger partial charge in [-0.25, -0.2) is 8.78 Å². The number of amides is 3. The Kier molecular flexibility index (Phi) is 5.56. The minimum Gasteiger partial charge on any atom is -0.343 e. The number of rotatable bonds is 4. The van der Waals surface area contributed by atoms with Gasteiger partial charge in [-0.3, -0.25) is 25.2 Å². The average Bonchev–Trinajstić information content (AvgIpc) is 2.58. The molecule has 0 spiro atoms. The quantitative estimate of drug-likeness (QED) is 0.734. The normalized spacial score (nSPS) is 9.92. The Bertz CT molecular complexity index is 763. The molecule has 0 heterocycles. The highest BCUT2D eigenvalue weighted by Crippen LogP contribution is 2.05.